The van der Waals surface area contributed by atoms with E-state index in [9.17, 15) is 0 Å². The maximum atomic E-state index is 4.46. The highest BCUT2D eigenvalue weighted by Crippen LogP contribution is 2.33. The molecule has 0 aliphatic carbocycles. The maximum absolute atomic E-state index is 4.46. The Balaban J connectivity index is 2.03. The fourth-order valence-electron chi connectivity index (χ4n) is 2.46. The van der Waals surface area contributed by atoms with Gasteiger partial charge in [0, 0.05) is 18.1 Å². The zero-order chi connectivity index (χ0) is 11.6. The number of nitrogens with zero attached hydrogens (tertiary/aromatic N) is 2. The molecule has 1 saturated heterocycles. The zero-order valence-electron chi connectivity index (χ0n) is 10.4. The summed E-state index contributed by atoms with van der Waals surface area (Å²) in [5.41, 5.74) is 0.0939. The summed E-state index contributed by atoms with van der Waals surface area (Å²) < 4.78 is 0. The molecular weight excluding hydrogens is 218 g/mol. The third-order valence-electron chi connectivity index (χ3n) is 3.52. The summed E-state index contributed by atoms with van der Waals surface area (Å²) in [4.78, 5) is 7.03. The number of likely N-dealkylation sites (tertiary alicyclic amines) is 1. The SMILES string of the molecule is CNCC1CCN(C(C)(C)c2nccs2)C1. The van der Waals surface area contributed by atoms with Crippen molar-refractivity contribution in [3.8, 4) is 0 Å². The molecule has 0 saturated carbocycles. The van der Waals surface area contributed by atoms with E-state index >= 15 is 0 Å². The lowest BCUT2D eigenvalue weighted by Crippen LogP contribution is -2.40. The standard InChI is InChI=1S/C12H21N3S/c1-12(2,11-14-5-7-16-11)15-6-4-10(9-15)8-13-3/h5,7,10,13H,4,6,8-9H2,1-3H3. The zero-order valence-corrected chi connectivity index (χ0v) is 11.2. The van der Waals surface area contributed by atoms with Crippen molar-refractivity contribution in [2.75, 3.05) is 26.7 Å². The Morgan fingerprint density at radius 2 is 2.44 bits per heavy atom. The first kappa shape index (κ1) is 12.0. The molecule has 1 aromatic rings. The molecule has 1 aliphatic rings. The molecule has 1 aliphatic heterocycles. The van der Waals surface area contributed by atoms with E-state index in [4.69, 9.17) is 0 Å². The Hall–Kier alpha value is -0.450. The summed E-state index contributed by atoms with van der Waals surface area (Å²) in [7, 11) is 2.04. The number of nitrogens with one attached hydrogen (secondary N) is 1. The van der Waals surface area contributed by atoms with Crippen LogP contribution in [0.5, 0.6) is 0 Å². The van der Waals surface area contributed by atoms with Crippen molar-refractivity contribution in [3.05, 3.63) is 16.6 Å². The Bertz CT molecular complexity index is 321. The van der Waals surface area contributed by atoms with Gasteiger partial charge in [-0.2, -0.15) is 0 Å². The average Bonchev–Trinajstić information content (AvgIpc) is 2.88. The van der Waals surface area contributed by atoms with Crippen molar-refractivity contribution in [2.24, 2.45) is 5.92 Å². The molecule has 16 heavy (non-hydrogen) atoms. The Morgan fingerprint density at radius 3 is 3.06 bits per heavy atom. The predicted molar refractivity (Wildman–Crippen MR) is 68.7 cm³/mol. The molecule has 4 heteroatoms. The van der Waals surface area contributed by atoms with Gasteiger partial charge in [0.05, 0.1) is 5.54 Å². The summed E-state index contributed by atoms with van der Waals surface area (Å²) in [5.74, 6) is 0.796. The third-order valence-corrected chi connectivity index (χ3v) is 4.61. The lowest BCUT2D eigenvalue weighted by atomic mass is 10.0. The first-order valence-corrected chi connectivity index (χ1v) is 6.82. The van der Waals surface area contributed by atoms with Crippen LogP contribution in [-0.2, 0) is 5.54 Å². The quantitative estimate of drug-likeness (QED) is 0.870. The molecule has 2 heterocycles. The van der Waals surface area contributed by atoms with Crippen LogP contribution < -0.4 is 5.32 Å². The van der Waals surface area contributed by atoms with Gasteiger partial charge >= 0.3 is 0 Å². The van der Waals surface area contributed by atoms with Crippen LogP contribution in [-0.4, -0.2) is 36.6 Å². The van der Waals surface area contributed by atoms with Crippen LogP contribution in [0.25, 0.3) is 0 Å². The second kappa shape index (κ2) is 4.82. The van der Waals surface area contributed by atoms with Crippen LogP contribution >= 0.6 is 11.3 Å². The van der Waals surface area contributed by atoms with Crippen LogP contribution in [0.15, 0.2) is 11.6 Å². The second-order valence-electron chi connectivity index (χ2n) is 5.05. The minimum atomic E-state index is 0.0939. The van der Waals surface area contributed by atoms with E-state index in [-0.39, 0.29) is 5.54 Å². The van der Waals surface area contributed by atoms with E-state index in [1.54, 1.807) is 11.3 Å². The second-order valence-corrected chi connectivity index (χ2v) is 5.95. The van der Waals surface area contributed by atoms with Gasteiger partial charge in [-0.1, -0.05) is 0 Å². The summed E-state index contributed by atoms with van der Waals surface area (Å²) in [5, 5.41) is 6.58. The van der Waals surface area contributed by atoms with Crippen LogP contribution in [0.2, 0.25) is 0 Å². The molecule has 1 aromatic heterocycles. The smallest absolute Gasteiger partial charge is 0.112 e. The molecule has 90 valence electrons. The Kier molecular flexibility index (Phi) is 3.62. The fraction of sp³-hybridized carbons (Fsp3) is 0.750. The molecule has 1 atom stereocenters. The number of hydrogen-bond donors (Lipinski definition) is 1. The summed E-state index contributed by atoms with van der Waals surface area (Å²) in [6, 6.07) is 0. The topological polar surface area (TPSA) is 28.2 Å². The van der Waals surface area contributed by atoms with Crippen molar-refractivity contribution in [1.82, 2.24) is 15.2 Å². The molecule has 0 aromatic carbocycles. The number of aromatic nitrogens is 1. The molecule has 0 bridgehead atoms. The highest BCUT2D eigenvalue weighted by atomic mass is 32.1. The third kappa shape index (κ3) is 2.29. The van der Waals surface area contributed by atoms with Crippen molar-refractivity contribution in [1.29, 1.82) is 0 Å². The molecule has 0 amide bonds. The van der Waals surface area contributed by atoms with Crippen LogP contribution in [0, 0.1) is 5.92 Å². The predicted octanol–water partition coefficient (Wildman–Crippen LogP) is 1.92. The van der Waals surface area contributed by atoms with Gasteiger partial charge in [0.2, 0.25) is 0 Å². The lowest BCUT2D eigenvalue weighted by molar-refractivity contribution is 0.148. The molecule has 2 rings (SSSR count). The van der Waals surface area contributed by atoms with E-state index in [0.717, 1.165) is 12.5 Å². The van der Waals surface area contributed by atoms with Gasteiger partial charge in [0.25, 0.3) is 0 Å². The Labute approximate surface area is 102 Å². The van der Waals surface area contributed by atoms with E-state index < -0.39 is 0 Å². The van der Waals surface area contributed by atoms with Gasteiger partial charge < -0.3 is 5.32 Å². The van der Waals surface area contributed by atoms with E-state index in [1.165, 1.54) is 24.5 Å². The molecule has 0 spiro atoms. The van der Waals surface area contributed by atoms with Gasteiger partial charge in [-0.15, -0.1) is 11.3 Å². The summed E-state index contributed by atoms with van der Waals surface area (Å²) >= 11 is 1.76. The van der Waals surface area contributed by atoms with Crippen LogP contribution in [0.3, 0.4) is 0 Å². The summed E-state index contributed by atoms with van der Waals surface area (Å²) in [6.45, 7) is 8.08. The summed E-state index contributed by atoms with van der Waals surface area (Å²) in [6.07, 6.45) is 3.21. The van der Waals surface area contributed by atoms with Crippen molar-refractivity contribution in [2.45, 2.75) is 25.8 Å². The molecule has 0 radical (unpaired) electrons. The van der Waals surface area contributed by atoms with Crippen molar-refractivity contribution < 1.29 is 0 Å². The van der Waals surface area contributed by atoms with E-state index in [1.807, 2.05) is 13.2 Å². The molecular formula is C12H21N3S. The van der Waals surface area contributed by atoms with Crippen molar-refractivity contribution >= 4 is 11.3 Å². The minimum absolute atomic E-state index is 0.0939. The van der Waals surface area contributed by atoms with Gasteiger partial charge in [-0.25, -0.2) is 4.98 Å². The number of thiazole rings is 1. The largest absolute Gasteiger partial charge is 0.319 e. The van der Waals surface area contributed by atoms with Crippen molar-refractivity contribution in [3.63, 3.8) is 0 Å². The molecule has 3 nitrogen and oxygen atoms in total. The highest BCUT2D eigenvalue weighted by Gasteiger charge is 2.35. The number of hydrogen-bond acceptors (Lipinski definition) is 4. The first-order chi connectivity index (χ1) is 7.64. The van der Waals surface area contributed by atoms with Gasteiger partial charge in [0.15, 0.2) is 0 Å². The fourth-order valence-corrected chi connectivity index (χ4v) is 3.25. The van der Waals surface area contributed by atoms with Crippen LogP contribution in [0.4, 0.5) is 0 Å². The first-order valence-electron chi connectivity index (χ1n) is 5.94. The average molecular weight is 239 g/mol. The maximum Gasteiger partial charge on any atom is 0.112 e. The van der Waals surface area contributed by atoms with Gasteiger partial charge in [-0.3, -0.25) is 4.90 Å². The van der Waals surface area contributed by atoms with Crippen LogP contribution in [0.1, 0.15) is 25.3 Å². The monoisotopic (exact) mass is 239 g/mol. The minimum Gasteiger partial charge on any atom is -0.319 e. The normalized spacial score (nSPS) is 22.8. The lowest BCUT2D eigenvalue weighted by Gasteiger charge is -2.33. The molecule has 1 fully saturated rings. The van der Waals surface area contributed by atoms with Gasteiger partial charge in [0.1, 0.15) is 5.01 Å². The molecule has 1 N–H and O–H groups in total. The highest BCUT2D eigenvalue weighted by molar-refractivity contribution is 7.09. The van der Waals surface area contributed by atoms with Gasteiger partial charge in [-0.05, 0) is 46.3 Å². The number of rotatable bonds is 4. The van der Waals surface area contributed by atoms with E-state index in [2.05, 4.69) is 34.4 Å². The molecule has 1 unspecified atom stereocenters. The Morgan fingerprint density at radius 1 is 1.62 bits per heavy atom. The van der Waals surface area contributed by atoms with E-state index in [0.29, 0.717) is 0 Å².